The second-order valence-corrected chi connectivity index (χ2v) is 13.9. The molecule has 0 amide bonds. The van der Waals surface area contributed by atoms with Gasteiger partial charge in [-0.2, -0.15) is 0 Å². The molecule has 1 aromatic heterocycles. The molecule has 0 fully saturated rings. The zero-order chi connectivity index (χ0) is 35.6. The van der Waals surface area contributed by atoms with Crippen LogP contribution in [0.5, 0.6) is 0 Å². The average Bonchev–Trinajstić information content (AvgIpc) is 3.65. The van der Waals surface area contributed by atoms with Gasteiger partial charge in [-0.25, -0.2) is 4.98 Å². The van der Waals surface area contributed by atoms with E-state index in [-0.39, 0.29) is 0 Å². The highest BCUT2D eigenvalue weighted by atomic mass is 15.2. The zero-order valence-electron chi connectivity index (χ0n) is 29.4. The van der Waals surface area contributed by atoms with E-state index in [1.54, 1.807) is 0 Å². The van der Waals surface area contributed by atoms with E-state index in [4.69, 9.17) is 4.98 Å². The molecule has 0 radical (unpaired) electrons. The minimum atomic E-state index is 0.929. The van der Waals surface area contributed by atoms with Gasteiger partial charge in [0.25, 0.3) is 0 Å². The van der Waals surface area contributed by atoms with Gasteiger partial charge in [0.2, 0.25) is 0 Å². The summed E-state index contributed by atoms with van der Waals surface area (Å²) in [6.07, 6.45) is 0. The summed E-state index contributed by atoms with van der Waals surface area (Å²) in [5, 5.41) is 4.89. The maximum absolute atomic E-state index is 5.42. The smallest absolute Gasteiger partial charge is 0.145 e. The van der Waals surface area contributed by atoms with Gasteiger partial charge < -0.3 is 4.90 Å². The van der Waals surface area contributed by atoms with Crippen LogP contribution >= 0.6 is 0 Å². The minimum Gasteiger partial charge on any atom is -0.306 e. The van der Waals surface area contributed by atoms with Crippen molar-refractivity contribution in [3.63, 3.8) is 0 Å². The van der Waals surface area contributed by atoms with Crippen LogP contribution < -0.4 is 4.90 Å². The van der Waals surface area contributed by atoms with Crippen molar-refractivity contribution in [1.82, 2.24) is 9.55 Å². The summed E-state index contributed by atoms with van der Waals surface area (Å²) in [4.78, 5) is 7.78. The van der Waals surface area contributed by atoms with Gasteiger partial charge in [0.1, 0.15) is 5.82 Å². The largest absolute Gasteiger partial charge is 0.306 e. The average molecular weight is 688 g/mol. The maximum Gasteiger partial charge on any atom is 0.145 e. The Morgan fingerprint density at radius 1 is 0.333 bits per heavy atom. The number of anilines is 3. The first-order chi connectivity index (χ1) is 26.8. The van der Waals surface area contributed by atoms with E-state index in [1.165, 1.54) is 54.9 Å². The van der Waals surface area contributed by atoms with Gasteiger partial charge >= 0.3 is 0 Å². The highest BCUT2D eigenvalue weighted by Crippen LogP contribution is 2.50. The van der Waals surface area contributed by atoms with Crippen LogP contribution in [0, 0.1) is 0 Å². The van der Waals surface area contributed by atoms with Crippen molar-refractivity contribution in [1.29, 1.82) is 0 Å². The number of benzene rings is 9. The molecule has 0 spiro atoms. The Labute approximate surface area is 313 Å². The van der Waals surface area contributed by atoms with Crippen LogP contribution in [0.2, 0.25) is 0 Å². The molecule has 11 rings (SSSR count). The molecule has 252 valence electrons. The highest BCUT2D eigenvalue weighted by molar-refractivity contribution is 6.22. The van der Waals surface area contributed by atoms with Gasteiger partial charge in [-0.05, 0) is 103 Å². The first kappa shape index (κ1) is 30.4. The zero-order valence-corrected chi connectivity index (χ0v) is 29.4. The lowest BCUT2D eigenvalue weighted by Crippen LogP contribution is -2.18. The Kier molecular flexibility index (Phi) is 6.86. The first-order valence-electron chi connectivity index (χ1n) is 18.5. The van der Waals surface area contributed by atoms with Crippen molar-refractivity contribution in [2.75, 3.05) is 4.90 Å². The summed E-state index contributed by atoms with van der Waals surface area (Å²) in [5.74, 6) is 0.929. The number of aromatic nitrogens is 2. The summed E-state index contributed by atoms with van der Waals surface area (Å²) in [6.45, 7) is 0. The Bertz CT molecular complexity index is 3040. The van der Waals surface area contributed by atoms with Gasteiger partial charge in [-0.15, -0.1) is 0 Å². The minimum absolute atomic E-state index is 0.929. The Hall–Kier alpha value is -7.23. The molecule has 0 aliphatic carbocycles. The number of para-hydroxylation sites is 4. The van der Waals surface area contributed by atoms with E-state index in [9.17, 15) is 0 Å². The monoisotopic (exact) mass is 687 g/mol. The van der Waals surface area contributed by atoms with E-state index in [1.807, 2.05) is 0 Å². The topological polar surface area (TPSA) is 21.1 Å². The Balaban J connectivity index is 1.22. The molecule has 54 heavy (non-hydrogen) atoms. The van der Waals surface area contributed by atoms with E-state index in [0.717, 1.165) is 45.2 Å². The standard InChI is InChI=1S/C51H33N3/c1-4-16-34(17-5-1)36-20-14-21-37(32-36)49-41-25-11-10-24-40(41)48(35-18-6-2-7-19-35)42-31-30-38(33-43(42)49)51-52-44-26-15-29-47-50(44)54(51)46-28-13-12-27-45(46)53(47)39-22-8-3-9-23-39/h1-33H. The van der Waals surface area contributed by atoms with Crippen molar-refractivity contribution in [3.8, 4) is 50.5 Å². The number of rotatable bonds is 5. The predicted molar refractivity (Wildman–Crippen MR) is 226 cm³/mol. The molecule has 0 unspecified atom stereocenters. The van der Waals surface area contributed by atoms with Gasteiger partial charge in [0.15, 0.2) is 0 Å². The fraction of sp³-hybridized carbons (Fsp3) is 0. The molecule has 0 N–H and O–H groups in total. The molecule has 3 heteroatoms. The molecule has 9 aromatic carbocycles. The summed E-state index contributed by atoms with van der Waals surface area (Å²) in [6, 6.07) is 72.1. The third-order valence-electron chi connectivity index (χ3n) is 10.9. The first-order valence-corrected chi connectivity index (χ1v) is 18.5. The molecule has 10 aromatic rings. The number of hydrogen-bond acceptors (Lipinski definition) is 2. The van der Waals surface area contributed by atoms with Crippen molar-refractivity contribution in [3.05, 3.63) is 200 Å². The lowest BCUT2D eigenvalue weighted by Gasteiger charge is -2.32. The molecule has 1 aliphatic rings. The van der Waals surface area contributed by atoms with E-state index >= 15 is 0 Å². The SMILES string of the molecule is c1ccc(-c2cccc(-c3c4ccccc4c(-c4ccccc4)c4ccc(-c5nc6cccc7c6n5-c5ccccc5N7c5ccccc5)cc34)c2)cc1. The Morgan fingerprint density at radius 3 is 1.65 bits per heavy atom. The number of fused-ring (bicyclic) bond motifs is 4. The molecule has 2 heterocycles. The maximum atomic E-state index is 5.42. The van der Waals surface area contributed by atoms with Gasteiger partial charge in [-0.3, -0.25) is 4.57 Å². The van der Waals surface area contributed by atoms with Gasteiger partial charge in [0, 0.05) is 11.3 Å². The molecule has 0 saturated carbocycles. The molecular formula is C51H33N3. The number of imidazole rings is 1. The normalized spacial score (nSPS) is 12.0. The second kappa shape index (κ2) is 12.2. The fourth-order valence-electron chi connectivity index (χ4n) is 8.57. The van der Waals surface area contributed by atoms with Crippen LogP contribution in [0.4, 0.5) is 17.1 Å². The van der Waals surface area contributed by atoms with Crippen LogP contribution in [0.3, 0.4) is 0 Å². The molecule has 0 atom stereocenters. The van der Waals surface area contributed by atoms with Crippen molar-refractivity contribution in [2.24, 2.45) is 0 Å². The fourth-order valence-corrected chi connectivity index (χ4v) is 8.57. The van der Waals surface area contributed by atoms with Crippen LogP contribution in [0.25, 0.3) is 83.0 Å². The third-order valence-corrected chi connectivity index (χ3v) is 10.9. The summed E-state index contributed by atoms with van der Waals surface area (Å²) < 4.78 is 2.37. The molecular weight excluding hydrogens is 655 g/mol. The molecule has 0 bridgehead atoms. The van der Waals surface area contributed by atoms with Gasteiger partial charge in [-0.1, -0.05) is 152 Å². The number of nitrogens with zero attached hydrogens (tertiary/aromatic N) is 3. The van der Waals surface area contributed by atoms with Crippen molar-refractivity contribution < 1.29 is 0 Å². The summed E-state index contributed by atoms with van der Waals surface area (Å²) in [5.41, 5.74) is 14.9. The second-order valence-electron chi connectivity index (χ2n) is 13.9. The van der Waals surface area contributed by atoms with Gasteiger partial charge in [0.05, 0.1) is 28.1 Å². The summed E-state index contributed by atoms with van der Waals surface area (Å²) >= 11 is 0. The summed E-state index contributed by atoms with van der Waals surface area (Å²) in [7, 11) is 0. The van der Waals surface area contributed by atoms with Crippen LogP contribution in [-0.2, 0) is 0 Å². The molecule has 1 aliphatic heterocycles. The van der Waals surface area contributed by atoms with E-state index in [0.29, 0.717) is 0 Å². The van der Waals surface area contributed by atoms with Crippen molar-refractivity contribution in [2.45, 2.75) is 0 Å². The van der Waals surface area contributed by atoms with Crippen molar-refractivity contribution >= 4 is 49.6 Å². The molecule has 3 nitrogen and oxygen atoms in total. The quantitative estimate of drug-likeness (QED) is 0.168. The van der Waals surface area contributed by atoms with E-state index < -0.39 is 0 Å². The van der Waals surface area contributed by atoms with E-state index in [2.05, 4.69) is 210 Å². The Morgan fingerprint density at radius 2 is 0.889 bits per heavy atom. The number of hydrogen-bond donors (Lipinski definition) is 0. The lowest BCUT2D eigenvalue weighted by atomic mass is 9.85. The molecule has 0 saturated heterocycles. The third kappa shape index (κ3) is 4.65. The highest BCUT2D eigenvalue weighted by Gasteiger charge is 2.29. The van der Waals surface area contributed by atoms with Crippen LogP contribution in [0.1, 0.15) is 0 Å². The lowest BCUT2D eigenvalue weighted by molar-refractivity contribution is 1.06. The van der Waals surface area contributed by atoms with Crippen LogP contribution in [-0.4, -0.2) is 9.55 Å². The predicted octanol–water partition coefficient (Wildman–Crippen LogP) is 13.8. The van der Waals surface area contributed by atoms with Crippen LogP contribution in [0.15, 0.2) is 200 Å².